The topological polar surface area (TPSA) is 114 Å². The average Bonchev–Trinajstić information content (AvgIpc) is 2.97. The second kappa shape index (κ2) is 6.43. The van der Waals surface area contributed by atoms with Crippen molar-refractivity contribution in [3.8, 4) is 11.6 Å². The predicted molar refractivity (Wildman–Crippen MR) is 87.5 cm³/mol. The molecule has 2 N–H and O–H groups in total. The number of aromatic carboxylic acids is 2. The molecule has 2 heterocycles. The first-order chi connectivity index (χ1) is 12.3. The van der Waals surface area contributed by atoms with Gasteiger partial charge in [0.1, 0.15) is 11.8 Å². The highest BCUT2D eigenvalue weighted by atomic mass is 19.1. The van der Waals surface area contributed by atoms with Crippen molar-refractivity contribution in [1.29, 1.82) is 0 Å². The molecule has 3 rings (SSSR count). The minimum Gasteiger partial charge on any atom is -0.478 e. The Balaban J connectivity index is 2.20. The molecule has 0 bridgehead atoms. The summed E-state index contributed by atoms with van der Waals surface area (Å²) < 4.78 is 21.1. The Hall–Kier alpha value is -3.49. The Morgan fingerprint density at radius 2 is 1.88 bits per heavy atom. The lowest BCUT2D eigenvalue weighted by molar-refractivity contribution is 0.0682. The summed E-state index contributed by atoms with van der Waals surface area (Å²) in [5.41, 5.74) is 0.200. The lowest BCUT2D eigenvalue weighted by Gasteiger charge is -2.11. The SMILES string of the molecule is CC(C)c1c(C(=O)O)cn2ncnc(Oc3cccc(C(=O)O)c3F)c12. The van der Waals surface area contributed by atoms with E-state index in [1.165, 1.54) is 22.8 Å². The van der Waals surface area contributed by atoms with Crippen LogP contribution in [0, 0.1) is 5.82 Å². The van der Waals surface area contributed by atoms with E-state index in [0.29, 0.717) is 5.56 Å². The number of nitrogens with zero attached hydrogens (tertiary/aromatic N) is 3. The minimum absolute atomic E-state index is 0.0325. The van der Waals surface area contributed by atoms with E-state index < -0.39 is 23.3 Å². The van der Waals surface area contributed by atoms with Crippen LogP contribution < -0.4 is 4.74 Å². The van der Waals surface area contributed by atoms with E-state index in [4.69, 9.17) is 9.84 Å². The minimum atomic E-state index is -1.43. The van der Waals surface area contributed by atoms with E-state index in [-0.39, 0.29) is 28.6 Å². The van der Waals surface area contributed by atoms with Crippen molar-refractivity contribution in [3.05, 3.63) is 53.2 Å². The molecule has 0 atom stereocenters. The van der Waals surface area contributed by atoms with Crippen molar-refractivity contribution < 1.29 is 28.9 Å². The summed E-state index contributed by atoms with van der Waals surface area (Å²) in [5.74, 6) is -4.22. The zero-order chi connectivity index (χ0) is 19.0. The summed E-state index contributed by atoms with van der Waals surface area (Å²) in [6, 6.07) is 3.71. The molecule has 134 valence electrons. The van der Waals surface area contributed by atoms with Gasteiger partial charge in [0.15, 0.2) is 11.6 Å². The predicted octanol–water partition coefficient (Wildman–Crippen LogP) is 3.18. The number of benzene rings is 1. The molecule has 3 aromatic rings. The standard InChI is InChI=1S/C17H14FN3O5/c1-8(2)12-10(17(24)25)6-21-14(12)15(19-7-20-21)26-11-5-3-4-9(13(11)18)16(22)23/h3-8H,1-2H3,(H,22,23)(H,24,25). The second-order valence-corrected chi connectivity index (χ2v) is 5.80. The highest BCUT2D eigenvalue weighted by Crippen LogP contribution is 2.34. The molecule has 0 saturated heterocycles. The first kappa shape index (κ1) is 17.3. The van der Waals surface area contributed by atoms with Crippen molar-refractivity contribution >= 4 is 17.5 Å². The molecule has 0 aliphatic carbocycles. The van der Waals surface area contributed by atoms with Crippen LogP contribution in [0.1, 0.15) is 46.0 Å². The number of halogens is 1. The fraction of sp³-hybridized carbons (Fsp3) is 0.176. The maximum absolute atomic E-state index is 14.4. The van der Waals surface area contributed by atoms with Crippen molar-refractivity contribution in [2.75, 3.05) is 0 Å². The van der Waals surface area contributed by atoms with Gasteiger partial charge in [-0.05, 0) is 18.1 Å². The van der Waals surface area contributed by atoms with Gasteiger partial charge in [0.2, 0.25) is 5.88 Å². The summed E-state index contributed by atoms with van der Waals surface area (Å²) in [6.45, 7) is 3.59. The monoisotopic (exact) mass is 359 g/mol. The van der Waals surface area contributed by atoms with Crippen LogP contribution in [0.4, 0.5) is 4.39 Å². The smallest absolute Gasteiger partial charge is 0.338 e. The third kappa shape index (κ3) is 2.83. The maximum Gasteiger partial charge on any atom is 0.338 e. The van der Waals surface area contributed by atoms with Crippen LogP contribution in [-0.2, 0) is 0 Å². The molecule has 1 aromatic carbocycles. The van der Waals surface area contributed by atoms with Gasteiger partial charge < -0.3 is 14.9 Å². The van der Waals surface area contributed by atoms with Crippen LogP contribution in [0.3, 0.4) is 0 Å². The fourth-order valence-electron chi connectivity index (χ4n) is 2.70. The van der Waals surface area contributed by atoms with Gasteiger partial charge in [-0.2, -0.15) is 10.1 Å². The van der Waals surface area contributed by atoms with Crippen molar-refractivity contribution in [2.24, 2.45) is 0 Å². The highest BCUT2D eigenvalue weighted by molar-refractivity contribution is 5.93. The molecule has 0 aliphatic rings. The van der Waals surface area contributed by atoms with Crippen LogP contribution in [0.2, 0.25) is 0 Å². The number of carboxylic acids is 2. The first-order valence-corrected chi connectivity index (χ1v) is 7.60. The summed E-state index contributed by atoms with van der Waals surface area (Å²) in [7, 11) is 0. The van der Waals surface area contributed by atoms with Gasteiger partial charge in [-0.15, -0.1) is 0 Å². The van der Waals surface area contributed by atoms with E-state index in [9.17, 15) is 19.1 Å². The van der Waals surface area contributed by atoms with Crippen LogP contribution in [0.25, 0.3) is 5.52 Å². The Morgan fingerprint density at radius 1 is 1.19 bits per heavy atom. The number of carbonyl (C=O) groups is 2. The molecule has 0 spiro atoms. The molecule has 9 heteroatoms. The fourth-order valence-corrected chi connectivity index (χ4v) is 2.70. The molecule has 0 aliphatic heterocycles. The molecule has 0 saturated carbocycles. The van der Waals surface area contributed by atoms with Crippen molar-refractivity contribution in [2.45, 2.75) is 19.8 Å². The maximum atomic E-state index is 14.4. The molecule has 0 radical (unpaired) electrons. The zero-order valence-electron chi connectivity index (χ0n) is 13.8. The van der Waals surface area contributed by atoms with Crippen LogP contribution in [0.5, 0.6) is 11.6 Å². The normalized spacial score (nSPS) is 11.1. The Kier molecular flexibility index (Phi) is 4.29. The molecule has 0 unspecified atom stereocenters. The van der Waals surface area contributed by atoms with Crippen LogP contribution >= 0.6 is 0 Å². The number of carboxylic acid groups (broad SMARTS) is 2. The molecular formula is C17H14FN3O5. The van der Waals surface area contributed by atoms with Gasteiger partial charge >= 0.3 is 11.9 Å². The number of aromatic nitrogens is 3. The van der Waals surface area contributed by atoms with Gasteiger partial charge in [0.05, 0.1) is 11.1 Å². The largest absolute Gasteiger partial charge is 0.478 e. The quantitative estimate of drug-likeness (QED) is 0.719. The lowest BCUT2D eigenvalue weighted by atomic mass is 10.0. The highest BCUT2D eigenvalue weighted by Gasteiger charge is 2.24. The van der Waals surface area contributed by atoms with Gasteiger partial charge in [-0.25, -0.2) is 18.5 Å². The van der Waals surface area contributed by atoms with E-state index in [2.05, 4.69) is 10.1 Å². The molecule has 0 fully saturated rings. The number of rotatable bonds is 5. The zero-order valence-corrected chi connectivity index (χ0v) is 13.8. The van der Waals surface area contributed by atoms with Crippen molar-refractivity contribution in [1.82, 2.24) is 14.6 Å². The first-order valence-electron chi connectivity index (χ1n) is 7.60. The summed E-state index contributed by atoms with van der Waals surface area (Å²) in [5, 5.41) is 22.4. The number of ether oxygens (including phenoxy) is 1. The molecule has 2 aromatic heterocycles. The van der Waals surface area contributed by atoms with Gasteiger partial charge in [-0.3, -0.25) is 0 Å². The molecule has 8 nitrogen and oxygen atoms in total. The van der Waals surface area contributed by atoms with Gasteiger partial charge in [0, 0.05) is 11.8 Å². The summed E-state index contributed by atoms with van der Waals surface area (Å²) >= 11 is 0. The summed E-state index contributed by atoms with van der Waals surface area (Å²) in [4.78, 5) is 26.6. The van der Waals surface area contributed by atoms with E-state index in [1.807, 2.05) is 0 Å². The van der Waals surface area contributed by atoms with E-state index in [1.54, 1.807) is 13.8 Å². The third-order valence-corrected chi connectivity index (χ3v) is 3.79. The Bertz CT molecular complexity index is 1030. The second-order valence-electron chi connectivity index (χ2n) is 5.80. The number of hydrogen-bond acceptors (Lipinski definition) is 5. The number of hydrogen-bond donors (Lipinski definition) is 2. The molecule has 26 heavy (non-hydrogen) atoms. The number of fused-ring (bicyclic) bond motifs is 1. The average molecular weight is 359 g/mol. The Labute approximate surface area is 146 Å². The summed E-state index contributed by atoms with van der Waals surface area (Å²) in [6.07, 6.45) is 2.46. The third-order valence-electron chi connectivity index (χ3n) is 3.79. The lowest BCUT2D eigenvalue weighted by Crippen LogP contribution is -2.04. The van der Waals surface area contributed by atoms with Crippen LogP contribution in [0.15, 0.2) is 30.7 Å². The van der Waals surface area contributed by atoms with E-state index >= 15 is 0 Å². The molecular weight excluding hydrogens is 345 g/mol. The van der Waals surface area contributed by atoms with Gasteiger partial charge in [-0.1, -0.05) is 19.9 Å². The van der Waals surface area contributed by atoms with Gasteiger partial charge in [0.25, 0.3) is 0 Å². The van der Waals surface area contributed by atoms with E-state index in [0.717, 1.165) is 12.4 Å². The Morgan fingerprint density at radius 3 is 2.50 bits per heavy atom. The van der Waals surface area contributed by atoms with Crippen LogP contribution in [-0.4, -0.2) is 36.7 Å². The molecule has 0 amide bonds. The van der Waals surface area contributed by atoms with Crippen molar-refractivity contribution in [3.63, 3.8) is 0 Å².